The minimum Gasteiger partial charge on any atom is -0.497 e. The topological polar surface area (TPSA) is 58.6 Å². The zero-order chi connectivity index (χ0) is 14.4. The zero-order valence-corrected chi connectivity index (χ0v) is 11.2. The number of nitrogens with one attached hydrogen (secondary N) is 1. The van der Waals surface area contributed by atoms with Crippen LogP contribution in [0.5, 0.6) is 5.75 Å². The lowest BCUT2D eigenvalue weighted by atomic mass is 10.1. The first-order valence-corrected chi connectivity index (χ1v) is 6.36. The standard InChI is InChI=1S/C16H17NO3/c1-20-14-9-7-12(8-10-14)11-15(16(18)19)17-13-5-3-2-4-6-13/h2-10,15,17H,11H2,1H3,(H,18,19)/t15-/m0/s1. The Balaban J connectivity index is 2.07. The Bertz CT molecular complexity index is 552. The first-order valence-electron chi connectivity index (χ1n) is 6.36. The summed E-state index contributed by atoms with van der Waals surface area (Å²) in [5.41, 5.74) is 1.75. The molecule has 0 radical (unpaired) electrons. The van der Waals surface area contributed by atoms with Crippen molar-refractivity contribution >= 4 is 11.7 Å². The molecule has 0 fully saturated rings. The summed E-state index contributed by atoms with van der Waals surface area (Å²) in [7, 11) is 1.60. The van der Waals surface area contributed by atoms with E-state index >= 15 is 0 Å². The SMILES string of the molecule is COc1ccc(C[C@H](Nc2ccccc2)C(=O)O)cc1. The fraction of sp³-hybridized carbons (Fsp3) is 0.188. The first-order chi connectivity index (χ1) is 9.69. The van der Waals surface area contributed by atoms with Crippen LogP contribution >= 0.6 is 0 Å². The molecule has 0 aliphatic heterocycles. The molecule has 0 saturated carbocycles. The first kappa shape index (κ1) is 13.9. The van der Waals surface area contributed by atoms with Crippen LogP contribution in [0.4, 0.5) is 5.69 Å². The second kappa shape index (κ2) is 6.61. The van der Waals surface area contributed by atoms with Crippen molar-refractivity contribution in [3.8, 4) is 5.75 Å². The molecule has 0 heterocycles. The van der Waals surface area contributed by atoms with E-state index in [0.717, 1.165) is 17.0 Å². The molecule has 1 atom stereocenters. The number of hydrogen-bond donors (Lipinski definition) is 2. The van der Waals surface area contributed by atoms with Crippen molar-refractivity contribution in [3.05, 3.63) is 60.2 Å². The lowest BCUT2D eigenvalue weighted by Gasteiger charge is -2.16. The van der Waals surface area contributed by atoms with E-state index in [0.29, 0.717) is 6.42 Å². The Labute approximate surface area is 118 Å². The summed E-state index contributed by atoms with van der Waals surface area (Å²) in [5.74, 6) is -0.110. The molecule has 0 saturated heterocycles. The van der Waals surface area contributed by atoms with E-state index in [1.807, 2.05) is 54.6 Å². The number of methoxy groups -OCH3 is 1. The maximum absolute atomic E-state index is 11.3. The van der Waals surface area contributed by atoms with E-state index in [1.54, 1.807) is 7.11 Å². The molecular weight excluding hydrogens is 254 g/mol. The third kappa shape index (κ3) is 3.75. The van der Waals surface area contributed by atoms with E-state index in [-0.39, 0.29) is 0 Å². The van der Waals surface area contributed by atoms with Crippen LogP contribution < -0.4 is 10.1 Å². The summed E-state index contributed by atoms with van der Waals surface area (Å²) in [5, 5.41) is 12.3. The molecule has 104 valence electrons. The third-order valence-corrected chi connectivity index (χ3v) is 3.01. The summed E-state index contributed by atoms with van der Waals surface area (Å²) in [6.45, 7) is 0. The van der Waals surface area contributed by atoms with Gasteiger partial charge in [-0.25, -0.2) is 4.79 Å². The average Bonchev–Trinajstić information content (AvgIpc) is 2.48. The molecule has 2 rings (SSSR count). The van der Waals surface area contributed by atoms with E-state index in [2.05, 4.69) is 5.32 Å². The number of ether oxygens (including phenoxy) is 1. The summed E-state index contributed by atoms with van der Waals surface area (Å²) in [4.78, 5) is 11.3. The van der Waals surface area contributed by atoms with Crippen molar-refractivity contribution in [2.24, 2.45) is 0 Å². The fourth-order valence-corrected chi connectivity index (χ4v) is 1.93. The minimum atomic E-state index is -0.871. The number of hydrogen-bond acceptors (Lipinski definition) is 3. The summed E-state index contributed by atoms with van der Waals surface area (Å²) < 4.78 is 5.09. The highest BCUT2D eigenvalue weighted by Crippen LogP contribution is 2.15. The molecule has 20 heavy (non-hydrogen) atoms. The van der Waals surface area contributed by atoms with Gasteiger partial charge < -0.3 is 15.2 Å². The predicted molar refractivity (Wildman–Crippen MR) is 78.2 cm³/mol. The van der Waals surface area contributed by atoms with E-state index < -0.39 is 12.0 Å². The van der Waals surface area contributed by atoms with Gasteiger partial charge in [0.2, 0.25) is 0 Å². The number of anilines is 1. The largest absolute Gasteiger partial charge is 0.497 e. The zero-order valence-electron chi connectivity index (χ0n) is 11.2. The van der Waals surface area contributed by atoms with Crippen molar-refractivity contribution in [2.75, 3.05) is 12.4 Å². The smallest absolute Gasteiger partial charge is 0.326 e. The maximum Gasteiger partial charge on any atom is 0.326 e. The van der Waals surface area contributed by atoms with Crippen molar-refractivity contribution in [1.29, 1.82) is 0 Å². The lowest BCUT2D eigenvalue weighted by Crippen LogP contribution is -2.31. The lowest BCUT2D eigenvalue weighted by molar-refractivity contribution is -0.137. The Hall–Kier alpha value is -2.49. The Morgan fingerprint density at radius 3 is 2.35 bits per heavy atom. The van der Waals surface area contributed by atoms with Crippen molar-refractivity contribution < 1.29 is 14.6 Å². The second-order valence-electron chi connectivity index (χ2n) is 4.45. The molecule has 0 aromatic heterocycles. The number of carboxylic acid groups (broad SMARTS) is 1. The molecule has 0 unspecified atom stereocenters. The molecule has 0 bridgehead atoms. The van der Waals surface area contributed by atoms with Crippen LogP contribution in [0.15, 0.2) is 54.6 Å². The number of carboxylic acids is 1. The van der Waals surface area contributed by atoms with Crippen LogP contribution in [0, 0.1) is 0 Å². The van der Waals surface area contributed by atoms with Gasteiger partial charge in [0.1, 0.15) is 11.8 Å². The molecule has 2 N–H and O–H groups in total. The molecule has 2 aromatic rings. The molecule has 0 aliphatic rings. The normalized spacial score (nSPS) is 11.7. The fourth-order valence-electron chi connectivity index (χ4n) is 1.93. The van der Waals surface area contributed by atoms with Gasteiger partial charge >= 0.3 is 5.97 Å². The minimum absolute atomic E-state index is 0.411. The molecule has 0 amide bonds. The third-order valence-electron chi connectivity index (χ3n) is 3.01. The van der Waals surface area contributed by atoms with Gasteiger partial charge in [0, 0.05) is 12.1 Å². The monoisotopic (exact) mass is 271 g/mol. The van der Waals surface area contributed by atoms with Crippen LogP contribution in [0.3, 0.4) is 0 Å². The van der Waals surface area contributed by atoms with Crippen LogP contribution in [0.2, 0.25) is 0 Å². The molecule has 0 aliphatic carbocycles. The van der Waals surface area contributed by atoms with Gasteiger partial charge in [0.15, 0.2) is 0 Å². The Kier molecular flexibility index (Phi) is 4.60. The highest BCUT2D eigenvalue weighted by atomic mass is 16.5. The molecule has 4 nitrogen and oxygen atoms in total. The Morgan fingerprint density at radius 2 is 1.80 bits per heavy atom. The maximum atomic E-state index is 11.3. The van der Waals surface area contributed by atoms with Gasteiger partial charge in [-0.2, -0.15) is 0 Å². The Morgan fingerprint density at radius 1 is 1.15 bits per heavy atom. The molecule has 0 spiro atoms. The van der Waals surface area contributed by atoms with Crippen molar-refractivity contribution in [3.63, 3.8) is 0 Å². The van der Waals surface area contributed by atoms with E-state index in [9.17, 15) is 9.90 Å². The highest BCUT2D eigenvalue weighted by molar-refractivity contribution is 5.77. The average molecular weight is 271 g/mol. The molecular formula is C16H17NO3. The second-order valence-corrected chi connectivity index (χ2v) is 4.45. The molecule has 4 heteroatoms. The van der Waals surface area contributed by atoms with E-state index in [4.69, 9.17) is 4.74 Å². The van der Waals surface area contributed by atoms with Crippen LogP contribution in [0.25, 0.3) is 0 Å². The number of para-hydroxylation sites is 1. The number of carbonyl (C=O) groups is 1. The van der Waals surface area contributed by atoms with Gasteiger partial charge in [-0.3, -0.25) is 0 Å². The van der Waals surface area contributed by atoms with Gasteiger partial charge in [-0.1, -0.05) is 30.3 Å². The summed E-state index contributed by atoms with van der Waals surface area (Å²) in [6.07, 6.45) is 0.411. The van der Waals surface area contributed by atoms with E-state index in [1.165, 1.54) is 0 Å². The highest BCUT2D eigenvalue weighted by Gasteiger charge is 2.17. The van der Waals surface area contributed by atoms with Crippen molar-refractivity contribution in [1.82, 2.24) is 0 Å². The number of benzene rings is 2. The van der Waals surface area contributed by atoms with Gasteiger partial charge in [-0.05, 0) is 29.8 Å². The van der Waals surface area contributed by atoms with Gasteiger partial charge in [0.05, 0.1) is 7.11 Å². The van der Waals surface area contributed by atoms with Crippen LogP contribution in [-0.4, -0.2) is 24.2 Å². The summed E-state index contributed by atoms with van der Waals surface area (Å²) in [6, 6.07) is 16.1. The van der Waals surface area contributed by atoms with Crippen LogP contribution in [-0.2, 0) is 11.2 Å². The quantitative estimate of drug-likeness (QED) is 0.848. The number of rotatable bonds is 6. The van der Waals surface area contributed by atoms with Gasteiger partial charge in [-0.15, -0.1) is 0 Å². The van der Waals surface area contributed by atoms with Gasteiger partial charge in [0.25, 0.3) is 0 Å². The van der Waals surface area contributed by atoms with Crippen LogP contribution in [0.1, 0.15) is 5.56 Å². The predicted octanol–water partition coefficient (Wildman–Crippen LogP) is 2.80. The summed E-state index contributed by atoms with van der Waals surface area (Å²) >= 11 is 0. The molecule has 2 aromatic carbocycles. The van der Waals surface area contributed by atoms with Crippen molar-refractivity contribution in [2.45, 2.75) is 12.5 Å². The number of aliphatic carboxylic acids is 1.